The number of anilines is 5. The number of phosphoric ester groups is 1. The second-order valence-corrected chi connectivity index (χ2v) is 20.3. The minimum atomic E-state index is -5.80. The number of nitrogens with two attached hydrogens (primary N) is 3. The van der Waals surface area contributed by atoms with Crippen LogP contribution >= 0.6 is 35.1 Å². The largest absolute Gasteiger partial charge is 0.756 e. The number of imidazole rings is 3. The molecule has 0 radical (unpaired) electrons. The lowest BCUT2D eigenvalue weighted by Crippen LogP contribution is -2.33. The zero-order valence-corrected chi connectivity index (χ0v) is 41.0. The lowest BCUT2D eigenvalue weighted by molar-refractivity contribution is -0.212. The standard InChI is InChI=1S/C11H19N6O13P3.C11H16N6O4.C10H12ClN5O4/c1-13-8-5-9(16-11(12)15-8)17(3-14-5)10-7(19)6(18)4(28-10)2-27-32(23,24)30-33(25,26)29-31(20,21)22;1-13-8-5-9(16-11(12)15-8)17(3-14-5)10-7(20)6(19)4(2-18)21-10;11-7-4-8(15-10(12)14-7)16(2-13-4)9-6(19)5(18)3(1-17)20-9/h3-4,6-7,10,18-19H,2H2,1H3,(H,23,24)(H,25,26)(H2,20,21,22)(H3,12,13,15,16);3-4,6-7,10,18-20H,2H2,1H3,(H3,12,13,15,16);2-3,5-6,9,17-19H,1H2,(H2,12,14,15)/p-1/t2*4-,6+,7?,10-;3-,5+,6?,9-/m111/s1. The predicted molar refractivity (Wildman–Crippen MR) is 243 cm³/mol. The van der Waals surface area contributed by atoms with E-state index in [0.717, 1.165) is 0 Å². The van der Waals surface area contributed by atoms with Crippen LogP contribution in [0.15, 0.2) is 19.0 Å². The average molecular weight is 1130 g/mol. The van der Waals surface area contributed by atoms with Crippen LogP contribution in [0.5, 0.6) is 0 Å². The van der Waals surface area contributed by atoms with Crippen molar-refractivity contribution in [2.75, 3.05) is 61.8 Å². The molecule has 9 heterocycles. The summed E-state index contributed by atoms with van der Waals surface area (Å²) in [5.74, 6) is 0.573. The Hall–Kier alpha value is -5.09. The van der Waals surface area contributed by atoms with E-state index in [2.05, 4.69) is 68.6 Å². The summed E-state index contributed by atoms with van der Waals surface area (Å²) in [6, 6.07) is 0. The molecule has 3 fully saturated rings. The van der Waals surface area contributed by atoms with Gasteiger partial charge in [-0.25, -0.2) is 28.4 Å². The highest BCUT2D eigenvalue weighted by atomic mass is 35.5. The first-order valence-corrected chi connectivity index (χ1v) is 25.6. The molecule has 6 unspecified atom stereocenters. The number of ether oxygens (including phenoxy) is 3. The van der Waals surface area contributed by atoms with Crippen molar-refractivity contribution in [2.24, 2.45) is 0 Å². The van der Waals surface area contributed by atoms with Gasteiger partial charge in [0.1, 0.15) is 60.5 Å². The van der Waals surface area contributed by atoms with Crippen molar-refractivity contribution >= 4 is 98.0 Å². The van der Waals surface area contributed by atoms with Crippen molar-refractivity contribution in [3.8, 4) is 0 Å². The van der Waals surface area contributed by atoms with Crippen molar-refractivity contribution in [1.82, 2.24) is 58.6 Å². The summed E-state index contributed by atoms with van der Waals surface area (Å²) in [6.07, 6.45) is -10.6. The van der Waals surface area contributed by atoms with Crippen LogP contribution in [0.1, 0.15) is 18.7 Å². The minimum Gasteiger partial charge on any atom is -0.756 e. The first-order chi connectivity index (χ1) is 34.7. The van der Waals surface area contributed by atoms with Gasteiger partial charge in [-0.3, -0.25) is 22.8 Å². The van der Waals surface area contributed by atoms with Crippen LogP contribution in [-0.2, 0) is 41.1 Å². The Kier molecular flexibility index (Phi) is 17.0. The molecule has 15 atom stereocenters. The molecule has 3 aliphatic rings. The summed E-state index contributed by atoms with van der Waals surface area (Å²) in [7, 11) is -13.8. The van der Waals surface area contributed by atoms with Gasteiger partial charge in [0.05, 0.1) is 38.8 Å². The molecule has 0 saturated carbocycles. The molecule has 0 bridgehead atoms. The minimum absolute atomic E-state index is 0.0420. The number of aliphatic hydroxyl groups excluding tert-OH is 8. The number of hydrogen-bond donors (Lipinski definition) is 16. The number of hydrogen-bond acceptors (Lipinski definition) is 32. The summed E-state index contributed by atoms with van der Waals surface area (Å²) in [5.41, 5.74) is 18.6. The zero-order valence-electron chi connectivity index (χ0n) is 37.6. The van der Waals surface area contributed by atoms with Crippen LogP contribution in [0.2, 0.25) is 5.15 Å². The van der Waals surface area contributed by atoms with Gasteiger partial charge in [0.25, 0.3) is 7.82 Å². The van der Waals surface area contributed by atoms with Crippen LogP contribution in [0.25, 0.3) is 33.5 Å². The normalized spacial score (nSPS) is 29.3. The Morgan fingerprint density at radius 1 is 0.595 bits per heavy atom. The molecule has 38 nitrogen and oxygen atoms in total. The fourth-order valence-electron chi connectivity index (χ4n) is 7.46. The fourth-order valence-corrected chi connectivity index (χ4v) is 10.7. The monoisotopic (exact) mass is 1130 g/mol. The van der Waals surface area contributed by atoms with E-state index in [4.69, 9.17) is 63.0 Å². The average Bonchev–Trinajstić information content (AvgIpc) is 4.18. The molecular formula is C32H46ClN17O21P3-. The number of rotatable bonds is 14. The third kappa shape index (κ3) is 12.0. The Morgan fingerprint density at radius 2 is 0.959 bits per heavy atom. The molecular weight excluding hydrogens is 1090 g/mol. The van der Waals surface area contributed by atoms with E-state index in [1.54, 1.807) is 14.1 Å². The number of halogens is 1. The molecule has 3 aliphatic heterocycles. The van der Waals surface area contributed by atoms with Crippen molar-refractivity contribution in [1.29, 1.82) is 0 Å². The molecule has 9 rings (SSSR count). The van der Waals surface area contributed by atoms with Crippen molar-refractivity contribution < 1.29 is 101 Å². The molecule has 19 N–H and O–H groups in total. The highest BCUT2D eigenvalue weighted by Gasteiger charge is 2.48. The van der Waals surface area contributed by atoms with E-state index < -0.39 is 117 Å². The van der Waals surface area contributed by atoms with Crippen LogP contribution < -0.4 is 32.7 Å². The van der Waals surface area contributed by atoms with Crippen LogP contribution in [0.3, 0.4) is 0 Å². The van der Waals surface area contributed by atoms with Crippen molar-refractivity contribution in [3.63, 3.8) is 0 Å². The second kappa shape index (κ2) is 22.2. The molecule has 0 aromatic carbocycles. The molecule has 6 aromatic rings. The van der Waals surface area contributed by atoms with E-state index >= 15 is 0 Å². The number of fused-ring (bicyclic) bond motifs is 3. The van der Waals surface area contributed by atoms with E-state index in [-0.39, 0.29) is 45.6 Å². The number of nitrogen functional groups attached to an aromatic ring is 3. The zero-order chi connectivity index (χ0) is 54.4. The van der Waals surface area contributed by atoms with Crippen molar-refractivity contribution in [2.45, 2.75) is 73.6 Å². The third-order valence-corrected chi connectivity index (χ3v) is 14.8. The molecule has 74 heavy (non-hydrogen) atoms. The molecule has 0 aliphatic carbocycles. The van der Waals surface area contributed by atoms with Gasteiger partial charge in [-0.2, -0.15) is 34.2 Å². The smallest absolute Gasteiger partial charge is 0.487 e. The first kappa shape index (κ1) is 56.6. The van der Waals surface area contributed by atoms with Crippen LogP contribution in [-0.4, -0.2) is 203 Å². The van der Waals surface area contributed by atoms with Gasteiger partial charge >= 0.3 is 15.6 Å². The fraction of sp³-hybridized carbons (Fsp3) is 0.531. The molecule has 6 aromatic heterocycles. The van der Waals surface area contributed by atoms with Crippen LogP contribution in [0.4, 0.5) is 29.5 Å². The first-order valence-electron chi connectivity index (χ1n) is 20.8. The van der Waals surface area contributed by atoms with Gasteiger partial charge in [-0.15, -0.1) is 0 Å². The number of aliphatic hydroxyl groups is 8. The lowest BCUT2D eigenvalue weighted by atomic mass is 10.1. The maximum atomic E-state index is 11.8. The summed E-state index contributed by atoms with van der Waals surface area (Å²) in [6.45, 7) is -1.80. The molecule has 42 heteroatoms. The number of phosphoric acid groups is 3. The third-order valence-electron chi connectivity index (χ3n) is 10.8. The highest BCUT2D eigenvalue weighted by Crippen LogP contribution is 2.65. The summed E-state index contributed by atoms with van der Waals surface area (Å²) in [4.78, 5) is 73.6. The number of nitrogens with zero attached hydrogens (tertiary/aromatic N) is 12. The number of aromatic nitrogens is 12. The van der Waals surface area contributed by atoms with Gasteiger partial charge in [0.15, 0.2) is 63.4 Å². The van der Waals surface area contributed by atoms with Gasteiger partial charge in [0, 0.05) is 14.1 Å². The Morgan fingerprint density at radius 3 is 1.34 bits per heavy atom. The van der Waals surface area contributed by atoms with E-state index in [1.165, 1.54) is 32.7 Å². The van der Waals surface area contributed by atoms with Gasteiger partial charge in [0.2, 0.25) is 17.8 Å². The van der Waals surface area contributed by atoms with Crippen LogP contribution in [0, 0.1) is 0 Å². The second-order valence-electron chi connectivity index (χ2n) is 15.6. The maximum Gasteiger partial charge on any atom is 0.487 e. The van der Waals surface area contributed by atoms with Gasteiger partial charge < -0.3 is 102 Å². The highest BCUT2D eigenvalue weighted by molar-refractivity contribution is 7.66. The summed E-state index contributed by atoms with van der Waals surface area (Å²) >= 11 is 5.90. The lowest BCUT2D eigenvalue weighted by Gasteiger charge is -2.21. The molecule has 0 amide bonds. The molecule has 0 spiro atoms. The van der Waals surface area contributed by atoms with E-state index in [1.807, 2.05) is 0 Å². The topological polar surface area (TPSA) is 585 Å². The van der Waals surface area contributed by atoms with E-state index in [0.29, 0.717) is 22.5 Å². The summed E-state index contributed by atoms with van der Waals surface area (Å²) < 4.78 is 65.5. The summed E-state index contributed by atoms with van der Waals surface area (Å²) in [5, 5.41) is 84.1. The number of nitrogens with one attached hydrogen (secondary N) is 2. The Balaban J connectivity index is 0.000000170. The van der Waals surface area contributed by atoms with E-state index in [9.17, 15) is 54.1 Å². The Labute approximate surface area is 416 Å². The maximum absolute atomic E-state index is 11.8. The van der Waals surface area contributed by atoms with Gasteiger partial charge in [-0.05, 0) is 0 Å². The predicted octanol–water partition coefficient (Wildman–Crippen LogP) is -5.48. The quantitative estimate of drug-likeness (QED) is 0.0357. The van der Waals surface area contributed by atoms with Gasteiger partial charge in [-0.1, -0.05) is 11.6 Å². The SMILES string of the molecule is CNc1nc(N)nc2c1ncn2[C@@H]1O[C@H](CO)[C@H](O)C1O.CNc1nc(N)nc2c1ncn2[C@@H]1O[C@H](COP(=O)(O)OP(=O)(O)OP(=O)([O-])O)[C@H](O)C1O.Nc1nc(Cl)c2ncn([C@@H]3O[C@H](CO)[C@H](O)C3O)c2n1. The Bertz CT molecular complexity index is 3120. The molecule has 3 saturated heterocycles. The molecule has 408 valence electrons. The van der Waals surface area contributed by atoms with Crippen molar-refractivity contribution in [3.05, 3.63) is 24.1 Å².